The Morgan fingerprint density at radius 2 is 2.25 bits per heavy atom. The monoisotopic (exact) mass is 117 g/mol. The molecule has 0 aliphatic rings. The molecule has 50 valence electrons. The fourth-order valence-corrected chi connectivity index (χ4v) is 0.343. The average molecular weight is 117 g/mol. The summed E-state index contributed by atoms with van der Waals surface area (Å²) >= 11 is 0. The topological polar surface area (TPSA) is 21.3 Å². The zero-order chi connectivity index (χ0) is 6.41. The second kappa shape index (κ2) is 5.06. The van der Waals surface area contributed by atoms with Gasteiger partial charge in [0.2, 0.25) is 0 Å². The summed E-state index contributed by atoms with van der Waals surface area (Å²) in [7, 11) is 1.78. The molecule has 0 heterocycles. The van der Waals surface area contributed by atoms with Crippen LogP contribution in [0.5, 0.6) is 0 Å². The largest absolute Gasteiger partial charge is 0.302 e. The molecule has 0 aromatic rings. The van der Waals surface area contributed by atoms with Gasteiger partial charge in [-0.15, -0.1) is 0 Å². The van der Waals surface area contributed by atoms with Gasteiger partial charge in [0.25, 0.3) is 0 Å². The van der Waals surface area contributed by atoms with E-state index >= 15 is 0 Å². The summed E-state index contributed by atoms with van der Waals surface area (Å²) in [6.45, 7) is 5.13. The smallest absolute Gasteiger partial charge is 0.0707 e. The minimum atomic E-state index is 0.669. The lowest BCUT2D eigenvalue weighted by molar-refractivity contribution is 0.0348. The highest BCUT2D eigenvalue weighted by Crippen LogP contribution is 1.98. The van der Waals surface area contributed by atoms with Crippen molar-refractivity contribution in [1.29, 1.82) is 0 Å². The Labute approximate surface area is 51.2 Å². The number of hydrogen-bond donors (Lipinski definition) is 1. The predicted molar refractivity (Wildman–Crippen MR) is 34.5 cm³/mol. The minimum absolute atomic E-state index is 0.669. The van der Waals surface area contributed by atoms with E-state index in [0.29, 0.717) is 5.92 Å². The van der Waals surface area contributed by atoms with E-state index in [2.05, 4.69) is 19.3 Å². The van der Waals surface area contributed by atoms with Gasteiger partial charge in [-0.3, -0.25) is 0 Å². The molecule has 0 amide bonds. The summed E-state index contributed by atoms with van der Waals surface area (Å²) in [5.74, 6) is 0.669. The van der Waals surface area contributed by atoms with Crippen molar-refractivity contribution in [3.63, 3.8) is 0 Å². The van der Waals surface area contributed by atoms with Gasteiger partial charge in [-0.2, -0.15) is 0 Å². The summed E-state index contributed by atoms with van der Waals surface area (Å²) in [5, 5.41) is 0. The first-order valence-electron chi connectivity index (χ1n) is 3.09. The van der Waals surface area contributed by atoms with Crippen LogP contribution in [0.1, 0.15) is 20.3 Å². The minimum Gasteiger partial charge on any atom is -0.302 e. The Balaban J connectivity index is 2.86. The van der Waals surface area contributed by atoms with Crippen molar-refractivity contribution in [1.82, 2.24) is 5.48 Å². The van der Waals surface area contributed by atoms with E-state index < -0.39 is 0 Å². The first-order valence-corrected chi connectivity index (χ1v) is 3.09. The first kappa shape index (κ1) is 7.92. The molecule has 1 atom stereocenters. The van der Waals surface area contributed by atoms with E-state index in [-0.39, 0.29) is 0 Å². The fraction of sp³-hybridized carbons (Fsp3) is 1.00. The van der Waals surface area contributed by atoms with Crippen LogP contribution in [-0.2, 0) is 4.84 Å². The lowest BCUT2D eigenvalue weighted by atomic mass is 10.1. The lowest BCUT2D eigenvalue weighted by Crippen LogP contribution is -2.13. The fourth-order valence-electron chi connectivity index (χ4n) is 0.343. The summed E-state index contributed by atoms with van der Waals surface area (Å²) in [6, 6.07) is 0. The average Bonchev–Trinajstić information content (AvgIpc) is 1.83. The van der Waals surface area contributed by atoms with Crippen molar-refractivity contribution in [2.45, 2.75) is 20.3 Å². The standard InChI is InChI=1S/C6H15NO/c1-4-6(2)5-8-7-3/h6-7H,4-5H2,1-3H3. The maximum Gasteiger partial charge on any atom is 0.0707 e. The van der Waals surface area contributed by atoms with Crippen molar-refractivity contribution in [3.8, 4) is 0 Å². The maximum absolute atomic E-state index is 4.94. The Hall–Kier alpha value is -0.0800. The highest BCUT2D eigenvalue weighted by molar-refractivity contribution is 4.43. The molecule has 0 aliphatic heterocycles. The van der Waals surface area contributed by atoms with E-state index in [9.17, 15) is 0 Å². The molecule has 0 aromatic carbocycles. The van der Waals surface area contributed by atoms with Crippen molar-refractivity contribution >= 4 is 0 Å². The van der Waals surface area contributed by atoms with E-state index in [0.717, 1.165) is 6.61 Å². The van der Waals surface area contributed by atoms with Crippen molar-refractivity contribution < 1.29 is 4.84 Å². The first-order chi connectivity index (χ1) is 3.81. The van der Waals surface area contributed by atoms with E-state index in [4.69, 9.17) is 4.84 Å². The molecule has 0 spiro atoms. The second-order valence-corrected chi connectivity index (χ2v) is 2.03. The summed E-state index contributed by atoms with van der Waals surface area (Å²) in [6.07, 6.45) is 1.18. The molecule has 0 radical (unpaired) electrons. The Morgan fingerprint density at radius 1 is 1.62 bits per heavy atom. The van der Waals surface area contributed by atoms with E-state index in [1.165, 1.54) is 6.42 Å². The third-order valence-corrected chi connectivity index (χ3v) is 1.21. The van der Waals surface area contributed by atoms with Crippen LogP contribution in [0.2, 0.25) is 0 Å². The van der Waals surface area contributed by atoms with Crippen LogP contribution >= 0.6 is 0 Å². The van der Waals surface area contributed by atoms with Crippen molar-refractivity contribution in [2.75, 3.05) is 13.7 Å². The van der Waals surface area contributed by atoms with Gasteiger partial charge in [0.1, 0.15) is 0 Å². The van der Waals surface area contributed by atoms with Crippen LogP contribution in [0.4, 0.5) is 0 Å². The molecular weight excluding hydrogens is 102 g/mol. The highest BCUT2D eigenvalue weighted by atomic mass is 16.6. The Kier molecular flexibility index (Phi) is 5.01. The van der Waals surface area contributed by atoms with Gasteiger partial charge < -0.3 is 4.84 Å². The molecule has 0 aromatic heterocycles. The SMILES string of the molecule is CCC(C)CONC. The van der Waals surface area contributed by atoms with Gasteiger partial charge >= 0.3 is 0 Å². The van der Waals surface area contributed by atoms with E-state index in [1.807, 2.05) is 0 Å². The normalized spacial score (nSPS) is 13.9. The van der Waals surface area contributed by atoms with Gasteiger partial charge in [0.05, 0.1) is 6.61 Å². The van der Waals surface area contributed by atoms with Crippen molar-refractivity contribution in [3.05, 3.63) is 0 Å². The third-order valence-electron chi connectivity index (χ3n) is 1.21. The third kappa shape index (κ3) is 4.09. The highest BCUT2D eigenvalue weighted by Gasteiger charge is 1.95. The molecular formula is C6H15NO. The zero-order valence-electron chi connectivity index (χ0n) is 5.90. The molecule has 0 fully saturated rings. The van der Waals surface area contributed by atoms with Crippen LogP contribution in [0.15, 0.2) is 0 Å². The second-order valence-electron chi connectivity index (χ2n) is 2.03. The van der Waals surface area contributed by atoms with Gasteiger partial charge in [0, 0.05) is 7.05 Å². The molecule has 0 rings (SSSR count). The quantitative estimate of drug-likeness (QED) is 0.558. The molecule has 8 heavy (non-hydrogen) atoms. The molecule has 0 bridgehead atoms. The molecule has 2 heteroatoms. The number of hydrogen-bond acceptors (Lipinski definition) is 2. The summed E-state index contributed by atoms with van der Waals surface area (Å²) < 4.78 is 0. The molecule has 0 saturated heterocycles. The van der Waals surface area contributed by atoms with Gasteiger partial charge in [-0.05, 0) is 5.92 Å². The lowest BCUT2D eigenvalue weighted by Gasteiger charge is -2.06. The van der Waals surface area contributed by atoms with Crippen LogP contribution in [0.25, 0.3) is 0 Å². The van der Waals surface area contributed by atoms with E-state index in [1.54, 1.807) is 7.05 Å². The maximum atomic E-state index is 4.94. The van der Waals surface area contributed by atoms with Crippen molar-refractivity contribution in [2.24, 2.45) is 5.92 Å². The molecule has 0 saturated carbocycles. The van der Waals surface area contributed by atoms with Gasteiger partial charge in [0.15, 0.2) is 0 Å². The van der Waals surface area contributed by atoms with Gasteiger partial charge in [-0.25, -0.2) is 5.48 Å². The molecule has 1 N–H and O–H groups in total. The molecule has 1 unspecified atom stereocenters. The van der Waals surface area contributed by atoms with Crippen LogP contribution in [0.3, 0.4) is 0 Å². The van der Waals surface area contributed by atoms with Crippen LogP contribution in [0, 0.1) is 5.92 Å². The number of rotatable bonds is 4. The predicted octanol–water partition coefficient (Wildman–Crippen LogP) is 1.18. The van der Waals surface area contributed by atoms with Gasteiger partial charge in [-0.1, -0.05) is 20.3 Å². The molecule has 0 aliphatic carbocycles. The number of hydroxylamine groups is 1. The Morgan fingerprint density at radius 3 is 2.62 bits per heavy atom. The summed E-state index contributed by atoms with van der Waals surface area (Å²) in [4.78, 5) is 4.94. The van der Waals surface area contributed by atoms with Crippen LogP contribution < -0.4 is 5.48 Å². The summed E-state index contributed by atoms with van der Waals surface area (Å²) in [5.41, 5.74) is 2.63. The van der Waals surface area contributed by atoms with Crippen LogP contribution in [-0.4, -0.2) is 13.7 Å². The Bertz CT molecular complexity index is 47.8. The molecule has 2 nitrogen and oxygen atoms in total. The zero-order valence-corrected chi connectivity index (χ0v) is 5.90. The number of nitrogens with one attached hydrogen (secondary N) is 1.